The number of fused-ring (bicyclic) bond motifs is 1. The zero-order chi connectivity index (χ0) is 13.2. The molecular weight excluding hydrogens is 236 g/mol. The van der Waals surface area contributed by atoms with Gasteiger partial charge >= 0.3 is 0 Å². The molecule has 1 heterocycles. The van der Waals surface area contributed by atoms with E-state index in [-0.39, 0.29) is 5.91 Å². The van der Waals surface area contributed by atoms with Gasteiger partial charge in [-0.25, -0.2) is 0 Å². The van der Waals surface area contributed by atoms with Gasteiger partial charge in [0.25, 0.3) is 5.91 Å². The molecule has 1 aliphatic heterocycles. The molecule has 3 rings (SSSR count). The molecule has 0 atom stereocenters. The Morgan fingerprint density at radius 2 is 1.84 bits per heavy atom. The Morgan fingerprint density at radius 3 is 2.63 bits per heavy atom. The molecule has 0 fully saturated rings. The van der Waals surface area contributed by atoms with E-state index in [1.54, 1.807) is 0 Å². The molecule has 0 saturated carbocycles. The number of carbonyl (C=O) groups excluding carboxylic acids is 1. The van der Waals surface area contributed by atoms with Crippen molar-refractivity contribution in [2.24, 2.45) is 5.73 Å². The molecule has 3 heteroatoms. The Balaban J connectivity index is 1.81. The van der Waals surface area contributed by atoms with Crippen molar-refractivity contribution in [2.45, 2.75) is 19.6 Å². The quantitative estimate of drug-likeness (QED) is 0.911. The SMILES string of the molecule is NCc1cccc(CN2Cc3ccccc3C2=O)c1. The zero-order valence-corrected chi connectivity index (χ0v) is 10.7. The minimum absolute atomic E-state index is 0.119. The van der Waals surface area contributed by atoms with E-state index in [9.17, 15) is 4.79 Å². The van der Waals surface area contributed by atoms with Crippen LogP contribution in [0.3, 0.4) is 0 Å². The van der Waals surface area contributed by atoms with Crippen molar-refractivity contribution in [1.82, 2.24) is 4.90 Å². The van der Waals surface area contributed by atoms with Gasteiger partial charge < -0.3 is 10.6 Å². The topological polar surface area (TPSA) is 46.3 Å². The first-order valence-electron chi connectivity index (χ1n) is 6.43. The van der Waals surface area contributed by atoms with Gasteiger partial charge in [-0.3, -0.25) is 4.79 Å². The maximum atomic E-state index is 12.3. The van der Waals surface area contributed by atoms with Crippen molar-refractivity contribution in [3.63, 3.8) is 0 Å². The second-order valence-electron chi connectivity index (χ2n) is 4.84. The van der Waals surface area contributed by atoms with Crippen molar-refractivity contribution in [3.05, 3.63) is 70.8 Å². The first-order valence-corrected chi connectivity index (χ1v) is 6.43. The molecule has 1 aliphatic rings. The Morgan fingerprint density at radius 1 is 1.05 bits per heavy atom. The molecule has 0 unspecified atom stereocenters. The minimum atomic E-state index is 0.119. The summed E-state index contributed by atoms with van der Waals surface area (Å²) in [6, 6.07) is 15.9. The van der Waals surface area contributed by atoms with Gasteiger partial charge in [0.15, 0.2) is 0 Å². The highest BCUT2D eigenvalue weighted by Crippen LogP contribution is 2.24. The largest absolute Gasteiger partial charge is 0.330 e. The van der Waals surface area contributed by atoms with Crippen LogP contribution in [-0.2, 0) is 19.6 Å². The Labute approximate surface area is 112 Å². The number of carbonyl (C=O) groups is 1. The van der Waals surface area contributed by atoms with Crippen LogP contribution in [-0.4, -0.2) is 10.8 Å². The van der Waals surface area contributed by atoms with Gasteiger partial charge in [-0.05, 0) is 22.8 Å². The van der Waals surface area contributed by atoms with Crippen LogP contribution in [0.25, 0.3) is 0 Å². The lowest BCUT2D eigenvalue weighted by atomic mass is 10.1. The molecule has 2 aromatic carbocycles. The van der Waals surface area contributed by atoms with Crippen LogP contribution in [0.15, 0.2) is 48.5 Å². The van der Waals surface area contributed by atoms with Crippen LogP contribution in [0.1, 0.15) is 27.0 Å². The van der Waals surface area contributed by atoms with Crippen molar-refractivity contribution in [2.75, 3.05) is 0 Å². The predicted octanol–water partition coefficient (Wildman–Crippen LogP) is 2.30. The highest BCUT2D eigenvalue weighted by molar-refractivity contribution is 5.98. The molecule has 96 valence electrons. The minimum Gasteiger partial charge on any atom is -0.330 e. The molecule has 0 aliphatic carbocycles. The van der Waals surface area contributed by atoms with E-state index in [0.717, 1.165) is 22.3 Å². The van der Waals surface area contributed by atoms with Gasteiger partial charge in [-0.15, -0.1) is 0 Å². The van der Waals surface area contributed by atoms with Gasteiger partial charge in [-0.2, -0.15) is 0 Å². The Bertz CT molecular complexity index is 622. The number of rotatable bonds is 3. The lowest BCUT2D eigenvalue weighted by Crippen LogP contribution is -2.23. The summed E-state index contributed by atoms with van der Waals surface area (Å²) in [7, 11) is 0. The molecule has 2 N–H and O–H groups in total. The number of hydrogen-bond acceptors (Lipinski definition) is 2. The number of nitrogens with two attached hydrogens (primary N) is 1. The van der Waals surface area contributed by atoms with E-state index in [1.165, 1.54) is 0 Å². The fraction of sp³-hybridized carbons (Fsp3) is 0.188. The lowest BCUT2D eigenvalue weighted by Gasteiger charge is -2.16. The van der Waals surface area contributed by atoms with Crippen LogP contribution in [0.4, 0.5) is 0 Å². The monoisotopic (exact) mass is 252 g/mol. The molecule has 3 nitrogen and oxygen atoms in total. The molecule has 0 saturated heterocycles. The second kappa shape index (κ2) is 4.86. The number of benzene rings is 2. The van der Waals surface area contributed by atoms with Crippen LogP contribution in [0, 0.1) is 0 Å². The van der Waals surface area contributed by atoms with Gasteiger partial charge in [0.05, 0.1) is 0 Å². The maximum absolute atomic E-state index is 12.3. The summed E-state index contributed by atoms with van der Waals surface area (Å²) in [5.74, 6) is 0.119. The van der Waals surface area contributed by atoms with Crippen molar-refractivity contribution in [3.8, 4) is 0 Å². The molecular formula is C16H16N2O. The normalized spacial score (nSPS) is 13.7. The summed E-state index contributed by atoms with van der Waals surface area (Å²) >= 11 is 0. The van der Waals surface area contributed by atoms with Gasteiger partial charge in [0.2, 0.25) is 0 Å². The molecule has 0 aromatic heterocycles. The molecule has 0 radical (unpaired) electrons. The highest BCUT2D eigenvalue weighted by Gasteiger charge is 2.26. The van der Waals surface area contributed by atoms with Gasteiger partial charge in [0.1, 0.15) is 0 Å². The first kappa shape index (κ1) is 11.9. The third kappa shape index (κ3) is 2.25. The Kier molecular flexibility index (Phi) is 3.05. The van der Waals surface area contributed by atoms with E-state index < -0.39 is 0 Å². The summed E-state index contributed by atoms with van der Waals surface area (Å²) in [6.45, 7) is 1.87. The van der Waals surface area contributed by atoms with E-state index in [4.69, 9.17) is 5.73 Å². The fourth-order valence-electron chi connectivity index (χ4n) is 2.52. The lowest BCUT2D eigenvalue weighted by molar-refractivity contribution is 0.0766. The summed E-state index contributed by atoms with van der Waals surface area (Å²) in [4.78, 5) is 14.1. The van der Waals surface area contributed by atoms with Crippen LogP contribution >= 0.6 is 0 Å². The molecule has 1 amide bonds. The summed E-state index contributed by atoms with van der Waals surface area (Å²) in [5.41, 5.74) is 9.81. The average molecular weight is 252 g/mol. The van der Waals surface area contributed by atoms with E-state index in [1.807, 2.05) is 47.4 Å². The number of nitrogens with zero attached hydrogens (tertiary/aromatic N) is 1. The van der Waals surface area contributed by atoms with Crippen molar-refractivity contribution >= 4 is 5.91 Å². The first-order chi connectivity index (χ1) is 9.28. The molecule has 0 bridgehead atoms. The number of amides is 1. The molecule has 0 spiro atoms. The third-order valence-corrected chi connectivity index (χ3v) is 3.50. The van der Waals surface area contributed by atoms with Crippen molar-refractivity contribution < 1.29 is 4.79 Å². The fourth-order valence-corrected chi connectivity index (χ4v) is 2.52. The maximum Gasteiger partial charge on any atom is 0.254 e. The standard InChI is InChI=1S/C16H16N2O/c17-9-12-4-3-5-13(8-12)10-18-11-14-6-1-2-7-15(14)16(18)19/h1-8H,9-11,17H2. The Hall–Kier alpha value is -2.13. The van der Waals surface area contributed by atoms with E-state index in [0.29, 0.717) is 19.6 Å². The number of hydrogen-bond donors (Lipinski definition) is 1. The van der Waals surface area contributed by atoms with E-state index >= 15 is 0 Å². The molecule has 2 aromatic rings. The zero-order valence-electron chi connectivity index (χ0n) is 10.7. The summed E-state index contributed by atoms with van der Waals surface area (Å²) in [6.07, 6.45) is 0. The van der Waals surface area contributed by atoms with Crippen molar-refractivity contribution in [1.29, 1.82) is 0 Å². The highest BCUT2D eigenvalue weighted by atomic mass is 16.2. The smallest absolute Gasteiger partial charge is 0.254 e. The second-order valence-corrected chi connectivity index (χ2v) is 4.84. The van der Waals surface area contributed by atoms with Crippen LogP contribution < -0.4 is 5.73 Å². The predicted molar refractivity (Wildman–Crippen MR) is 74.4 cm³/mol. The summed E-state index contributed by atoms with van der Waals surface area (Å²) < 4.78 is 0. The molecule has 19 heavy (non-hydrogen) atoms. The third-order valence-electron chi connectivity index (χ3n) is 3.50. The average Bonchev–Trinajstić information content (AvgIpc) is 2.76. The van der Waals surface area contributed by atoms with Crippen LogP contribution in [0.2, 0.25) is 0 Å². The van der Waals surface area contributed by atoms with E-state index in [2.05, 4.69) is 6.07 Å². The van der Waals surface area contributed by atoms with Crippen LogP contribution in [0.5, 0.6) is 0 Å². The van der Waals surface area contributed by atoms with Gasteiger partial charge in [-0.1, -0.05) is 42.5 Å². The summed E-state index contributed by atoms with van der Waals surface area (Å²) in [5, 5.41) is 0. The van der Waals surface area contributed by atoms with Gasteiger partial charge in [0, 0.05) is 25.2 Å².